The van der Waals surface area contributed by atoms with Crippen LogP contribution in [0.3, 0.4) is 0 Å². The third-order valence-electron chi connectivity index (χ3n) is 4.48. The zero-order chi connectivity index (χ0) is 21.8. The molecule has 0 fully saturated rings. The lowest BCUT2D eigenvalue weighted by Gasteiger charge is -2.32. The molecule has 3 N–H and O–H groups in total. The molecule has 1 aliphatic heterocycles. The van der Waals surface area contributed by atoms with Crippen molar-refractivity contribution < 1.29 is 22.8 Å². The first kappa shape index (κ1) is 20.4. The lowest BCUT2D eigenvalue weighted by molar-refractivity contribution is -0.201. The molecule has 2 amide bonds. The lowest BCUT2D eigenvalue weighted by atomic mass is 9.88. The zero-order valence-corrected chi connectivity index (χ0v) is 15.6. The smallest absolute Gasteiger partial charge is 0.330 e. The third-order valence-corrected chi connectivity index (χ3v) is 4.48. The molecule has 0 aliphatic carbocycles. The number of rotatable bonds is 2. The van der Waals surface area contributed by atoms with E-state index in [1.165, 1.54) is 45.0 Å². The number of aromatic amines is 1. The standard InChI is InChI=1S/C18H17F3N4O4/c1-16(2,3)13(27)24-17(18(19,20)21)10-11(22-14(17)28)25(15(29)23-12(10)26)9-7-5-4-6-8-9/h4-8H,1-3H3,(H,22,28)(H,24,27)(H,23,26,29)/t17-/m1/s1. The highest BCUT2D eigenvalue weighted by molar-refractivity contribution is 6.08. The fraction of sp³-hybridized carbons (Fsp3) is 0.333. The topological polar surface area (TPSA) is 113 Å². The molecule has 3 rings (SSSR count). The highest BCUT2D eigenvalue weighted by Crippen LogP contribution is 2.45. The number of H-pyrrole nitrogens is 1. The molecule has 8 nitrogen and oxygen atoms in total. The van der Waals surface area contributed by atoms with E-state index in [1.807, 2.05) is 5.32 Å². The van der Waals surface area contributed by atoms with Gasteiger partial charge in [-0.05, 0) is 12.1 Å². The van der Waals surface area contributed by atoms with Crippen LogP contribution in [0.1, 0.15) is 26.3 Å². The summed E-state index contributed by atoms with van der Waals surface area (Å²) in [4.78, 5) is 51.6. The van der Waals surface area contributed by atoms with E-state index < -0.39 is 51.6 Å². The van der Waals surface area contributed by atoms with E-state index >= 15 is 0 Å². The molecule has 0 spiro atoms. The number of halogens is 3. The number of hydrogen-bond acceptors (Lipinski definition) is 4. The minimum Gasteiger partial charge on any atom is -0.330 e. The van der Waals surface area contributed by atoms with Gasteiger partial charge in [0.1, 0.15) is 11.4 Å². The Hall–Kier alpha value is -3.37. The summed E-state index contributed by atoms with van der Waals surface area (Å²) < 4.78 is 43.3. The second kappa shape index (κ2) is 6.33. The van der Waals surface area contributed by atoms with Crippen LogP contribution in [-0.4, -0.2) is 27.5 Å². The summed E-state index contributed by atoms with van der Waals surface area (Å²) in [5, 5.41) is 3.68. The van der Waals surface area contributed by atoms with Crippen LogP contribution in [-0.2, 0) is 15.1 Å². The van der Waals surface area contributed by atoms with Crippen LogP contribution in [0, 0.1) is 5.41 Å². The van der Waals surface area contributed by atoms with Crippen molar-refractivity contribution in [1.82, 2.24) is 14.9 Å². The van der Waals surface area contributed by atoms with E-state index in [2.05, 4.69) is 0 Å². The minimum absolute atomic E-state index is 0.116. The van der Waals surface area contributed by atoms with Crippen molar-refractivity contribution in [2.24, 2.45) is 5.41 Å². The Kier molecular flexibility index (Phi) is 4.44. The summed E-state index contributed by atoms with van der Waals surface area (Å²) >= 11 is 0. The monoisotopic (exact) mass is 410 g/mol. The second-order valence-electron chi connectivity index (χ2n) is 7.56. The quantitative estimate of drug-likeness (QED) is 0.695. The van der Waals surface area contributed by atoms with Crippen LogP contribution >= 0.6 is 0 Å². The van der Waals surface area contributed by atoms with E-state index in [0.717, 1.165) is 4.57 Å². The molecule has 0 saturated carbocycles. The minimum atomic E-state index is -5.37. The maximum atomic E-state index is 14.2. The number of alkyl halides is 3. The van der Waals surface area contributed by atoms with Crippen LogP contribution in [0.2, 0.25) is 0 Å². The molecular formula is C18H17F3N4O4. The lowest BCUT2D eigenvalue weighted by Crippen LogP contribution is -2.63. The number of nitrogens with zero attached hydrogens (tertiary/aromatic N) is 1. The van der Waals surface area contributed by atoms with Gasteiger partial charge >= 0.3 is 11.9 Å². The highest BCUT2D eigenvalue weighted by Gasteiger charge is 2.68. The maximum absolute atomic E-state index is 14.2. The fourth-order valence-corrected chi connectivity index (χ4v) is 2.96. The summed E-state index contributed by atoms with van der Waals surface area (Å²) in [6.07, 6.45) is -5.37. The number of hydrogen-bond donors (Lipinski definition) is 3. The number of amides is 2. The van der Waals surface area contributed by atoms with E-state index in [1.54, 1.807) is 16.4 Å². The van der Waals surface area contributed by atoms with Gasteiger partial charge in [0.2, 0.25) is 11.4 Å². The van der Waals surface area contributed by atoms with E-state index in [-0.39, 0.29) is 5.69 Å². The first-order valence-electron chi connectivity index (χ1n) is 8.46. The van der Waals surface area contributed by atoms with Gasteiger partial charge in [0.15, 0.2) is 0 Å². The third kappa shape index (κ3) is 3.02. The average molecular weight is 410 g/mol. The maximum Gasteiger partial charge on any atom is 0.425 e. The Morgan fingerprint density at radius 3 is 2.17 bits per heavy atom. The number of benzene rings is 1. The second-order valence-corrected chi connectivity index (χ2v) is 7.56. The van der Waals surface area contributed by atoms with Crippen molar-refractivity contribution in [2.75, 3.05) is 5.32 Å². The van der Waals surface area contributed by atoms with Crippen LogP contribution in [0.25, 0.3) is 5.69 Å². The number of carbonyl (C=O) groups is 2. The first-order valence-corrected chi connectivity index (χ1v) is 8.46. The van der Waals surface area contributed by atoms with Gasteiger partial charge in [0.25, 0.3) is 11.5 Å². The van der Waals surface area contributed by atoms with Crippen molar-refractivity contribution in [3.8, 4) is 5.69 Å². The number of aromatic nitrogens is 2. The van der Waals surface area contributed by atoms with E-state index in [4.69, 9.17) is 0 Å². The van der Waals surface area contributed by atoms with Crippen molar-refractivity contribution in [3.63, 3.8) is 0 Å². The molecular weight excluding hydrogens is 393 g/mol. The SMILES string of the molecule is CC(C)(C)C(=O)N[C@@]1(C(F)(F)F)C(=O)Nc2c1c(=O)[nH]c(=O)n2-c1ccccc1. The van der Waals surface area contributed by atoms with Crippen molar-refractivity contribution in [1.29, 1.82) is 0 Å². The van der Waals surface area contributed by atoms with Gasteiger partial charge in [0.05, 0.1) is 5.69 Å². The van der Waals surface area contributed by atoms with E-state index in [0.29, 0.717) is 0 Å². The molecule has 2 aromatic rings. The number of carbonyl (C=O) groups excluding carboxylic acids is 2. The Bertz CT molecular complexity index is 1110. The van der Waals surface area contributed by atoms with Gasteiger partial charge in [-0.1, -0.05) is 39.0 Å². The van der Waals surface area contributed by atoms with Gasteiger partial charge in [-0.3, -0.25) is 19.4 Å². The Labute approximate surface area is 161 Å². The molecule has 0 saturated heterocycles. The molecule has 29 heavy (non-hydrogen) atoms. The largest absolute Gasteiger partial charge is 0.425 e. The fourth-order valence-electron chi connectivity index (χ4n) is 2.96. The highest BCUT2D eigenvalue weighted by atomic mass is 19.4. The first-order chi connectivity index (χ1) is 13.3. The van der Waals surface area contributed by atoms with Crippen molar-refractivity contribution >= 4 is 17.6 Å². The van der Waals surface area contributed by atoms with Crippen molar-refractivity contribution in [3.05, 3.63) is 56.7 Å². The zero-order valence-electron chi connectivity index (χ0n) is 15.6. The van der Waals surface area contributed by atoms with Crippen LogP contribution < -0.4 is 21.9 Å². The number of fused-ring (bicyclic) bond motifs is 1. The Morgan fingerprint density at radius 1 is 1.07 bits per heavy atom. The molecule has 1 aromatic carbocycles. The predicted molar refractivity (Wildman–Crippen MR) is 96.6 cm³/mol. The Morgan fingerprint density at radius 2 is 1.66 bits per heavy atom. The van der Waals surface area contributed by atoms with Gasteiger partial charge < -0.3 is 10.6 Å². The molecule has 1 aliphatic rings. The molecule has 1 atom stereocenters. The van der Waals surface area contributed by atoms with E-state index in [9.17, 15) is 32.3 Å². The number of anilines is 1. The predicted octanol–water partition coefficient (Wildman–Crippen LogP) is 1.40. The Balaban J connectivity index is 2.38. The average Bonchev–Trinajstić information content (AvgIpc) is 2.88. The summed E-state index contributed by atoms with van der Waals surface area (Å²) in [6.45, 7) is 4.07. The summed E-state index contributed by atoms with van der Waals surface area (Å²) in [5.74, 6) is -3.44. The molecule has 154 valence electrons. The normalized spacial score (nSPS) is 18.9. The molecule has 2 heterocycles. The number of nitrogens with one attached hydrogen (secondary N) is 3. The van der Waals surface area contributed by atoms with Crippen molar-refractivity contribution in [2.45, 2.75) is 32.5 Å². The molecule has 0 unspecified atom stereocenters. The van der Waals surface area contributed by atoms with Crippen LogP contribution in [0.4, 0.5) is 19.0 Å². The molecule has 1 aromatic heterocycles. The van der Waals surface area contributed by atoms with Crippen LogP contribution in [0.15, 0.2) is 39.9 Å². The van der Waals surface area contributed by atoms with Gasteiger partial charge in [-0.25, -0.2) is 9.36 Å². The molecule has 0 radical (unpaired) electrons. The summed E-state index contributed by atoms with van der Waals surface area (Å²) in [5.41, 5.74) is -8.39. The summed E-state index contributed by atoms with van der Waals surface area (Å²) in [7, 11) is 0. The van der Waals surface area contributed by atoms with Gasteiger partial charge in [-0.2, -0.15) is 13.2 Å². The molecule has 0 bridgehead atoms. The number of para-hydroxylation sites is 1. The van der Waals surface area contributed by atoms with Crippen LogP contribution in [0.5, 0.6) is 0 Å². The van der Waals surface area contributed by atoms with Gasteiger partial charge in [0, 0.05) is 5.41 Å². The van der Waals surface area contributed by atoms with Gasteiger partial charge in [-0.15, -0.1) is 0 Å². The summed E-state index contributed by atoms with van der Waals surface area (Å²) in [6, 6.07) is 7.48. The molecule has 11 heteroatoms.